The number of carbonyl (C=O) groups is 5. The molecule has 0 aliphatic heterocycles. The lowest BCUT2D eigenvalue weighted by Crippen LogP contribution is -2.44. The highest BCUT2D eigenvalue weighted by atomic mass is 32.1. The molecule has 23 heteroatoms. The molecule has 59 heavy (non-hydrogen) atoms. The van der Waals surface area contributed by atoms with Crippen LogP contribution in [-0.4, -0.2) is 199 Å². The molecule has 22 nitrogen and oxygen atoms in total. The Morgan fingerprint density at radius 3 is 1.24 bits per heavy atom. The van der Waals surface area contributed by atoms with Crippen molar-refractivity contribution in [1.82, 2.24) is 5.32 Å². The monoisotopic (exact) mass is 876 g/mol. The molecule has 0 aromatic rings. The highest BCUT2D eigenvalue weighted by molar-refractivity contribution is 7.78. The highest BCUT2D eigenvalue weighted by Crippen LogP contribution is 2.22. The normalized spacial score (nSPS) is 13.1. The topological polar surface area (TPSA) is 336 Å². The van der Waals surface area contributed by atoms with Gasteiger partial charge in [0.25, 0.3) is 0 Å². The Hall–Kier alpha value is -3.45. The second-order valence-electron chi connectivity index (χ2n) is 15.3. The van der Waals surface area contributed by atoms with Gasteiger partial charge in [0.15, 0.2) is 12.2 Å². The maximum Gasteiger partial charge on any atom is 0.407 e. The van der Waals surface area contributed by atoms with Crippen LogP contribution in [0.1, 0.15) is 48.5 Å². The predicted octanol–water partition coefficient (Wildman–Crippen LogP) is -2.49. The van der Waals surface area contributed by atoms with Crippen molar-refractivity contribution in [3.8, 4) is 0 Å². The van der Waals surface area contributed by atoms with Crippen molar-refractivity contribution in [3.05, 3.63) is 0 Å². The van der Waals surface area contributed by atoms with Gasteiger partial charge in [-0.15, -0.1) is 0 Å². The van der Waals surface area contributed by atoms with E-state index >= 15 is 0 Å². The second kappa shape index (κ2) is 28.9. The Bertz CT molecular complexity index is 1240. The lowest BCUT2D eigenvalue weighted by molar-refractivity contribution is -0.185. The molecule has 9 N–H and O–H groups in total. The van der Waals surface area contributed by atoms with Crippen molar-refractivity contribution >= 4 is 47.3 Å². The van der Waals surface area contributed by atoms with Crippen molar-refractivity contribution in [2.24, 2.45) is 26.7 Å². The summed E-state index contributed by atoms with van der Waals surface area (Å²) in [6.45, 7) is 3.29. The number of nitrogens with one attached hydrogen (secondary N) is 1. The van der Waals surface area contributed by atoms with E-state index in [1.807, 2.05) is 20.8 Å². The summed E-state index contributed by atoms with van der Waals surface area (Å²) < 4.78 is 36.3. The molecule has 0 aromatic heterocycles. The Morgan fingerprint density at radius 2 is 0.915 bits per heavy atom. The van der Waals surface area contributed by atoms with Gasteiger partial charge in [0.2, 0.25) is 0 Å². The van der Waals surface area contributed by atoms with E-state index in [4.69, 9.17) is 33.2 Å². The minimum absolute atomic E-state index is 0.413. The molecule has 0 fully saturated rings. The molecule has 0 aromatic carbocycles. The smallest absolute Gasteiger partial charge is 0.407 e. The quantitative estimate of drug-likeness (QED) is 0.0129. The van der Waals surface area contributed by atoms with Gasteiger partial charge in [0.05, 0.1) is 91.0 Å². The second-order valence-corrected chi connectivity index (χ2v) is 15.5. The van der Waals surface area contributed by atoms with Crippen LogP contribution in [0.25, 0.3) is 0 Å². The molecule has 0 saturated heterocycles. The van der Waals surface area contributed by atoms with Gasteiger partial charge in [0, 0.05) is 6.54 Å². The molecule has 0 heterocycles. The lowest BCUT2D eigenvalue weighted by Gasteiger charge is -2.29. The number of amides is 1. The van der Waals surface area contributed by atoms with E-state index in [2.05, 4.69) is 27.7 Å². The fraction of sp³-hybridized carbons (Fsp3) is 0.833. The van der Waals surface area contributed by atoms with Crippen molar-refractivity contribution in [3.63, 3.8) is 0 Å². The third-order valence-corrected chi connectivity index (χ3v) is 8.17. The van der Waals surface area contributed by atoms with Crippen LogP contribution in [0.3, 0.4) is 0 Å². The Kier molecular flexibility index (Phi) is 28.3. The molecule has 0 saturated carbocycles. The maximum absolute atomic E-state index is 12.6. The summed E-state index contributed by atoms with van der Waals surface area (Å²) in [6, 6.07) is 0. The Morgan fingerprint density at radius 1 is 0.559 bits per heavy atom. The lowest BCUT2D eigenvalue weighted by atomic mass is 9.93. The molecule has 0 spiro atoms. The summed E-state index contributed by atoms with van der Waals surface area (Å²) in [5.41, 5.74) is -7.34. The minimum Gasteiger partial charge on any atom is -0.461 e. The van der Waals surface area contributed by atoms with E-state index in [1.54, 1.807) is 0 Å². The summed E-state index contributed by atoms with van der Waals surface area (Å²) in [4.78, 5) is 64.8. The van der Waals surface area contributed by atoms with Gasteiger partial charge < -0.3 is 79.3 Å². The first kappa shape index (κ1) is 57.6. The number of isothiocyanates is 1. The molecule has 0 aliphatic rings. The summed E-state index contributed by atoms with van der Waals surface area (Å²) in [6.07, 6.45) is -3.24. The minimum atomic E-state index is -1.75. The number of rotatable bonds is 28. The number of thiocarbonyl (C=S) groups is 1. The zero-order valence-electron chi connectivity index (χ0n) is 34.8. The first-order valence-corrected chi connectivity index (χ1v) is 18.7. The summed E-state index contributed by atoms with van der Waals surface area (Å²) in [5.74, 6) is -4.29. The molecule has 1 amide bonds. The number of hydrogen-bond acceptors (Lipinski definition) is 22. The Balaban J connectivity index is 0. The number of nitrogens with zero attached hydrogens (tertiary/aromatic N) is 1. The van der Waals surface area contributed by atoms with Gasteiger partial charge in [0.1, 0.15) is 40.5 Å². The molecule has 0 bridgehead atoms. The van der Waals surface area contributed by atoms with Gasteiger partial charge >= 0.3 is 30.0 Å². The standard InChI is InChI=1S/C26H46O17.C10H18N2O3S/c1-23(9-27,10-28)19(35)40-7-17(42-21(37)25(3,13-31)14-32)5-39-6-18(43-22(38)26(4,15-33)16-34)8-41-20(36)24(2,11-29)12-30;1-10(2,3)15-9(13)12-5-7-14-6-4-11-8-16/h17-18,27-34H,5-16H2,1-4H3;4-7H2,1-3H3,(H,12,13). The van der Waals surface area contributed by atoms with Crippen molar-refractivity contribution < 1.29 is 98.0 Å². The molecule has 2 atom stereocenters. The summed E-state index contributed by atoms with van der Waals surface area (Å²) >= 11 is 4.39. The van der Waals surface area contributed by atoms with E-state index in [0.29, 0.717) is 26.3 Å². The predicted molar refractivity (Wildman–Crippen MR) is 207 cm³/mol. The Labute approximate surface area is 348 Å². The average molecular weight is 877 g/mol. The highest BCUT2D eigenvalue weighted by Gasteiger charge is 2.40. The molecule has 344 valence electrons. The van der Waals surface area contributed by atoms with Crippen LogP contribution < -0.4 is 5.32 Å². The largest absolute Gasteiger partial charge is 0.461 e. The van der Waals surface area contributed by atoms with Crippen LogP contribution in [0.2, 0.25) is 0 Å². The number of carbonyl (C=O) groups excluding carboxylic acids is 5. The van der Waals surface area contributed by atoms with Crippen LogP contribution in [0.4, 0.5) is 4.79 Å². The van der Waals surface area contributed by atoms with Crippen LogP contribution in [0, 0.1) is 21.7 Å². The third-order valence-electron chi connectivity index (χ3n) is 8.05. The van der Waals surface area contributed by atoms with Crippen molar-refractivity contribution in [2.75, 3.05) is 106 Å². The number of aliphatic hydroxyl groups is 8. The zero-order chi connectivity index (χ0) is 45.9. The van der Waals surface area contributed by atoms with Gasteiger partial charge in [-0.25, -0.2) is 9.79 Å². The van der Waals surface area contributed by atoms with E-state index in [9.17, 15) is 64.8 Å². The van der Waals surface area contributed by atoms with E-state index < -0.39 is 149 Å². The van der Waals surface area contributed by atoms with Gasteiger partial charge in [-0.05, 0) is 60.7 Å². The van der Waals surface area contributed by atoms with E-state index in [0.717, 1.165) is 0 Å². The SMILES string of the molecule is CC(C)(C)OC(=O)NCCOCCN=C=S.CC(CO)(CO)C(=O)OCC(COCC(COC(=O)C(C)(CO)CO)OC(=O)C(C)(CO)CO)OC(=O)C(C)(CO)CO. The molecule has 2 unspecified atom stereocenters. The molecule has 0 radical (unpaired) electrons. The molecule has 0 aliphatic carbocycles. The fourth-order valence-electron chi connectivity index (χ4n) is 3.35. The molecular weight excluding hydrogens is 812 g/mol. The molecular formula is C36H64N2O20S. The van der Waals surface area contributed by atoms with Crippen LogP contribution in [-0.2, 0) is 52.3 Å². The van der Waals surface area contributed by atoms with Crippen molar-refractivity contribution in [2.45, 2.75) is 66.3 Å². The fourth-order valence-corrected chi connectivity index (χ4v) is 3.44. The first-order chi connectivity index (χ1) is 27.5. The van der Waals surface area contributed by atoms with E-state index in [-0.39, 0.29) is 0 Å². The summed E-state index contributed by atoms with van der Waals surface area (Å²) in [5, 5.41) is 80.5. The van der Waals surface area contributed by atoms with Gasteiger partial charge in [-0.3, -0.25) is 19.2 Å². The summed E-state index contributed by atoms with van der Waals surface area (Å²) in [7, 11) is 0. The maximum atomic E-state index is 12.6. The number of aliphatic imine (C=N–C) groups is 1. The first-order valence-electron chi connectivity index (χ1n) is 18.3. The molecule has 0 rings (SSSR count). The van der Waals surface area contributed by atoms with Crippen molar-refractivity contribution in [1.29, 1.82) is 0 Å². The van der Waals surface area contributed by atoms with E-state index in [1.165, 1.54) is 27.7 Å². The van der Waals surface area contributed by atoms with Gasteiger partial charge in [-0.1, -0.05) is 0 Å². The zero-order valence-corrected chi connectivity index (χ0v) is 35.6. The average Bonchev–Trinajstić information content (AvgIpc) is 3.21. The number of alkyl carbamates (subject to hydrolysis) is 1. The number of hydrogen-bond donors (Lipinski definition) is 9. The van der Waals surface area contributed by atoms with Crippen LogP contribution >= 0.6 is 12.2 Å². The van der Waals surface area contributed by atoms with Crippen LogP contribution in [0.15, 0.2) is 4.99 Å². The number of ether oxygens (including phenoxy) is 7. The van der Waals surface area contributed by atoms with Gasteiger partial charge in [-0.2, -0.15) is 0 Å². The third kappa shape index (κ3) is 22.1. The van der Waals surface area contributed by atoms with Crippen LogP contribution in [0.5, 0.6) is 0 Å². The number of esters is 4. The number of aliphatic hydroxyl groups excluding tert-OH is 8.